The maximum atomic E-state index is 6.02. The Balaban J connectivity index is 1.63. The summed E-state index contributed by atoms with van der Waals surface area (Å²) in [4.78, 5) is 8.89. The monoisotopic (exact) mass is 407 g/mol. The Kier molecular flexibility index (Phi) is 7.71. The van der Waals surface area contributed by atoms with E-state index in [1.54, 1.807) is 19.6 Å². The van der Waals surface area contributed by atoms with Crippen molar-refractivity contribution in [2.24, 2.45) is 4.99 Å². The van der Waals surface area contributed by atoms with Crippen LogP contribution < -0.4 is 20.1 Å². The highest BCUT2D eigenvalue weighted by Gasteiger charge is 2.10. The number of benzene rings is 2. The van der Waals surface area contributed by atoms with E-state index in [0.29, 0.717) is 13.1 Å². The molecule has 2 aromatic carbocycles. The Morgan fingerprint density at radius 1 is 1.10 bits per heavy atom. The number of hydrogen-bond acceptors (Lipinski definition) is 4. The van der Waals surface area contributed by atoms with Gasteiger partial charge in [-0.15, -0.1) is 0 Å². The summed E-state index contributed by atoms with van der Waals surface area (Å²) in [6, 6.07) is 15.8. The Hall–Kier alpha value is -3.48. The van der Waals surface area contributed by atoms with Gasteiger partial charge in [-0.1, -0.05) is 30.3 Å². The average Bonchev–Trinajstić information content (AvgIpc) is 3.31. The van der Waals surface area contributed by atoms with Crippen LogP contribution in [-0.2, 0) is 6.54 Å². The van der Waals surface area contributed by atoms with Crippen molar-refractivity contribution in [3.05, 3.63) is 72.8 Å². The number of imidazole rings is 1. The lowest BCUT2D eigenvalue weighted by atomic mass is 10.2. The van der Waals surface area contributed by atoms with Gasteiger partial charge in [-0.3, -0.25) is 0 Å². The summed E-state index contributed by atoms with van der Waals surface area (Å²) in [6.45, 7) is 5.98. The van der Waals surface area contributed by atoms with Crippen LogP contribution in [0.3, 0.4) is 0 Å². The first-order valence-electron chi connectivity index (χ1n) is 10.1. The molecule has 1 unspecified atom stereocenters. The summed E-state index contributed by atoms with van der Waals surface area (Å²) < 4.78 is 13.4. The quantitative estimate of drug-likeness (QED) is 0.420. The molecule has 0 saturated carbocycles. The molecule has 3 rings (SSSR count). The van der Waals surface area contributed by atoms with E-state index in [1.807, 2.05) is 61.0 Å². The second-order valence-corrected chi connectivity index (χ2v) is 6.75. The molecular formula is C23H29N5O2. The summed E-state index contributed by atoms with van der Waals surface area (Å²) in [5.41, 5.74) is 2.19. The topological polar surface area (TPSA) is 72.7 Å². The van der Waals surface area contributed by atoms with Gasteiger partial charge in [0.1, 0.15) is 6.10 Å². The number of guanidine groups is 1. The molecule has 7 nitrogen and oxygen atoms in total. The number of aromatic nitrogens is 2. The second kappa shape index (κ2) is 10.9. The maximum Gasteiger partial charge on any atom is 0.191 e. The van der Waals surface area contributed by atoms with Crippen molar-refractivity contribution in [1.82, 2.24) is 20.2 Å². The third-order valence-electron chi connectivity index (χ3n) is 4.48. The van der Waals surface area contributed by atoms with Crippen molar-refractivity contribution >= 4 is 5.96 Å². The third-order valence-corrected chi connectivity index (χ3v) is 4.48. The zero-order chi connectivity index (χ0) is 21.2. The van der Waals surface area contributed by atoms with Crippen LogP contribution in [0.1, 0.15) is 19.4 Å². The lowest BCUT2D eigenvalue weighted by molar-refractivity contribution is 0.213. The lowest BCUT2D eigenvalue weighted by Crippen LogP contribution is -2.41. The number of methoxy groups -OCH3 is 1. The van der Waals surface area contributed by atoms with E-state index in [-0.39, 0.29) is 6.10 Å². The van der Waals surface area contributed by atoms with E-state index in [1.165, 1.54) is 0 Å². The van der Waals surface area contributed by atoms with Crippen LogP contribution in [-0.4, -0.2) is 41.8 Å². The van der Waals surface area contributed by atoms with Crippen molar-refractivity contribution in [3.8, 4) is 17.2 Å². The molecule has 0 aliphatic rings. The van der Waals surface area contributed by atoms with Crippen LogP contribution in [0.2, 0.25) is 0 Å². The summed E-state index contributed by atoms with van der Waals surface area (Å²) in [5.74, 6) is 2.19. The second-order valence-electron chi connectivity index (χ2n) is 6.75. The van der Waals surface area contributed by atoms with Gasteiger partial charge in [0.25, 0.3) is 0 Å². The molecule has 2 N–H and O–H groups in total. The van der Waals surface area contributed by atoms with E-state index in [2.05, 4.69) is 27.8 Å². The molecule has 3 aromatic rings. The van der Waals surface area contributed by atoms with Crippen LogP contribution in [0, 0.1) is 0 Å². The summed E-state index contributed by atoms with van der Waals surface area (Å²) in [6.07, 6.45) is 5.43. The molecule has 0 amide bonds. The summed E-state index contributed by atoms with van der Waals surface area (Å²) in [5, 5.41) is 6.64. The highest BCUT2D eigenvalue weighted by atomic mass is 16.5. The van der Waals surface area contributed by atoms with Crippen LogP contribution in [0.4, 0.5) is 0 Å². The molecule has 1 aromatic heterocycles. The molecule has 0 aliphatic carbocycles. The van der Waals surface area contributed by atoms with Crippen LogP contribution in [0.15, 0.2) is 72.2 Å². The van der Waals surface area contributed by atoms with Gasteiger partial charge in [0.05, 0.1) is 32.2 Å². The lowest BCUT2D eigenvalue weighted by Gasteiger charge is -2.19. The van der Waals surface area contributed by atoms with Gasteiger partial charge < -0.3 is 24.7 Å². The number of aliphatic imine (C=N–C) groups is 1. The van der Waals surface area contributed by atoms with Crippen molar-refractivity contribution in [3.63, 3.8) is 0 Å². The van der Waals surface area contributed by atoms with E-state index in [4.69, 9.17) is 14.5 Å². The van der Waals surface area contributed by atoms with Gasteiger partial charge in [0.15, 0.2) is 17.5 Å². The van der Waals surface area contributed by atoms with Gasteiger partial charge >= 0.3 is 0 Å². The molecule has 0 fully saturated rings. The standard InChI is InChI=1S/C23H29N5O2/c1-4-25-23(26-15-18(2)30-22-12-8-7-11-21(22)29-3)27-16-19-9-5-6-10-20(19)28-14-13-24-17-28/h5-14,17-18H,4,15-16H2,1-3H3,(H2,25,26,27). The Morgan fingerprint density at radius 3 is 2.60 bits per heavy atom. The van der Waals surface area contributed by atoms with E-state index in [9.17, 15) is 0 Å². The molecule has 0 bridgehead atoms. The fourth-order valence-corrected chi connectivity index (χ4v) is 3.02. The fraction of sp³-hybridized carbons (Fsp3) is 0.304. The molecule has 0 radical (unpaired) electrons. The van der Waals surface area contributed by atoms with Crippen LogP contribution >= 0.6 is 0 Å². The number of nitrogens with zero attached hydrogens (tertiary/aromatic N) is 3. The molecule has 0 aliphatic heterocycles. The number of nitrogens with one attached hydrogen (secondary N) is 2. The molecule has 0 spiro atoms. The molecule has 7 heteroatoms. The smallest absolute Gasteiger partial charge is 0.191 e. The highest BCUT2D eigenvalue weighted by molar-refractivity contribution is 5.79. The zero-order valence-electron chi connectivity index (χ0n) is 17.7. The molecular weight excluding hydrogens is 378 g/mol. The predicted octanol–water partition coefficient (Wildman–Crippen LogP) is 3.40. The molecule has 1 atom stereocenters. The number of para-hydroxylation sites is 3. The van der Waals surface area contributed by atoms with Gasteiger partial charge in [-0.2, -0.15) is 0 Å². The normalized spacial score (nSPS) is 12.3. The SMILES string of the molecule is CCNC(=NCc1ccccc1-n1ccnc1)NCC(C)Oc1ccccc1OC. The largest absolute Gasteiger partial charge is 0.493 e. The average molecular weight is 408 g/mol. The molecule has 158 valence electrons. The van der Waals surface area contributed by atoms with E-state index < -0.39 is 0 Å². The zero-order valence-corrected chi connectivity index (χ0v) is 17.7. The Bertz CT molecular complexity index is 940. The molecule has 1 heterocycles. The minimum atomic E-state index is -0.0663. The Morgan fingerprint density at radius 2 is 1.87 bits per heavy atom. The van der Waals surface area contributed by atoms with Crippen molar-refractivity contribution in [2.45, 2.75) is 26.5 Å². The number of hydrogen-bond donors (Lipinski definition) is 2. The van der Waals surface area contributed by atoms with Crippen molar-refractivity contribution in [2.75, 3.05) is 20.2 Å². The highest BCUT2D eigenvalue weighted by Crippen LogP contribution is 2.26. The Labute approximate surface area is 177 Å². The molecule has 0 saturated heterocycles. The van der Waals surface area contributed by atoms with Crippen LogP contribution in [0.5, 0.6) is 11.5 Å². The van der Waals surface area contributed by atoms with Crippen LogP contribution in [0.25, 0.3) is 5.69 Å². The first kappa shape index (κ1) is 21.2. The van der Waals surface area contributed by atoms with Gasteiger partial charge in [0, 0.05) is 18.9 Å². The first-order chi connectivity index (χ1) is 14.7. The molecule has 30 heavy (non-hydrogen) atoms. The van der Waals surface area contributed by atoms with Gasteiger partial charge in [-0.25, -0.2) is 9.98 Å². The third kappa shape index (κ3) is 5.76. The predicted molar refractivity (Wildman–Crippen MR) is 119 cm³/mol. The van der Waals surface area contributed by atoms with E-state index in [0.717, 1.165) is 35.3 Å². The van der Waals surface area contributed by atoms with E-state index >= 15 is 0 Å². The fourth-order valence-electron chi connectivity index (χ4n) is 3.02. The van der Waals surface area contributed by atoms with Crippen molar-refractivity contribution in [1.29, 1.82) is 0 Å². The van der Waals surface area contributed by atoms with Gasteiger partial charge in [0.2, 0.25) is 0 Å². The number of rotatable bonds is 9. The summed E-state index contributed by atoms with van der Waals surface area (Å²) >= 11 is 0. The minimum absolute atomic E-state index is 0.0663. The minimum Gasteiger partial charge on any atom is -0.493 e. The van der Waals surface area contributed by atoms with Gasteiger partial charge in [-0.05, 0) is 37.6 Å². The number of ether oxygens (including phenoxy) is 2. The van der Waals surface area contributed by atoms with Crippen molar-refractivity contribution < 1.29 is 9.47 Å². The maximum absolute atomic E-state index is 6.02. The first-order valence-corrected chi connectivity index (χ1v) is 10.1. The summed E-state index contributed by atoms with van der Waals surface area (Å²) in [7, 11) is 1.64.